The van der Waals surface area contributed by atoms with E-state index in [0.29, 0.717) is 34.7 Å². The Hall–Kier alpha value is -3.61. The van der Waals surface area contributed by atoms with E-state index in [1.165, 1.54) is 14.2 Å². The monoisotopic (exact) mass is 392 g/mol. The maximum absolute atomic E-state index is 13.2. The van der Waals surface area contributed by atoms with Crippen molar-refractivity contribution in [1.82, 2.24) is 4.90 Å². The van der Waals surface area contributed by atoms with E-state index in [1.807, 2.05) is 12.3 Å². The van der Waals surface area contributed by atoms with Crippen LogP contribution in [-0.4, -0.2) is 50.4 Å². The Labute approximate surface area is 168 Å². The zero-order chi connectivity index (χ0) is 20.5. The second-order valence-electron chi connectivity index (χ2n) is 6.71. The minimum absolute atomic E-state index is 0.164. The first-order valence-corrected chi connectivity index (χ1v) is 9.08. The first kappa shape index (κ1) is 18.7. The number of esters is 1. The van der Waals surface area contributed by atoms with Gasteiger partial charge in [-0.3, -0.25) is 9.79 Å². The van der Waals surface area contributed by atoms with Crippen LogP contribution in [0.2, 0.25) is 0 Å². The van der Waals surface area contributed by atoms with Crippen LogP contribution < -0.4 is 9.47 Å². The molecule has 0 radical (unpaired) electrons. The van der Waals surface area contributed by atoms with Crippen LogP contribution in [0.5, 0.6) is 11.5 Å². The Kier molecular flexibility index (Phi) is 4.80. The molecule has 29 heavy (non-hydrogen) atoms. The molecule has 0 bridgehead atoms. The summed E-state index contributed by atoms with van der Waals surface area (Å²) >= 11 is 0. The Bertz CT molecular complexity index is 1060. The molecule has 0 saturated heterocycles. The molecule has 0 aromatic heterocycles. The number of aliphatic imine (C=N–C) groups is 1. The summed E-state index contributed by atoms with van der Waals surface area (Å²) in [6.07, 6.45) is 4.19. The summed E-state index contributed by atoms with van der Waals surface area (Å²) in [7, 11) is 4.42. The summed E-state index contributed by atoms with van der Waals surface area (Å²) < 4.78 is 15.4. The largest absolute Gasteiger partial charge is 0.493 e. The average Bonchev–Trinajstić information content (AvgIpc) is 3.15. The van der Waals surface area contributed by atoms with E-state index < -0.39 is 5.97 Å². The van der Waals surface area contributed by atoms with Crippen LogP contribution in [0.25, 0.3) is 5.57 Å². The zero-order valence-corrected chi connectivity index (χ0v) is 16.3. The predicted molar refractivity (Wildman–Crippen MR) is 108 cm³/mol. The van der Waals surface area contributed by atoms with E-state index in [1.54, 1.807) is 48.6 Å². The molecule has 7 nitrogen and oxygen atoms in total. The lowest BCUT2D eigenvalue weighted by Crippen LogP contribution is -2.32. The van der Waals surface area contributed by atoms with Gasteiger partial charge in [0.2, 0.25) is 0 Å². The van der Waals surface area contributed by atoms with E-state index >= 15 is 0 Å². The van der Waals surface area contributed by atoms with Crippen LogP contribution in [0.4, 0.5) is 5.69 Å². The van der Waals surface area contributed by atoms with Gasteiger partial charge in [-0.2, -0.15) is 0 Å². The number of carbonyl (C=O) groups is 2. The van der Waals surface area contributed by atoms with Crippen LogP contribution in [0.15, 0.2) is 47.6 Å². The van der Waals surface area contributed by atoms with Crippen molar-refractivity contribution in [2.24, 2.45) is 4.99 Å². The maximum Gasteiger partial charge on any atom is 0.337 e. The quantitative estimate of drug-likeness (QED) is 0.745. The third-order valence-corrected chi connectivity index (χ3v) is 5.09. The second kappa shape index (κ2) is 7.43. The third kappa shape index (κ3) is 3.24. The molecule has 4 rings (SSSR count). The normalized spacial score (nSPS) is 17.2. The van der Waals surface area contributed by atoms with Gasteiger partial charge in [0.25, 0.3) is 5.91 Å². The molecule has 0 saturated carbocycles. The molecule has 2 aromatic rings. The minimum atomic E-state index is -0.396. The summed E-state index contributed by atoms with van der Waals surface area (Å²) in [6, 6.07) is 10.3. The lowest BCUT2D eigenvalue weighted by molar-refractivity contribution is 0.0600. The van der Waals surface area contributed by atoms with Crippen molar-refractivity contribution in [1.29, 1.82) is 0 Å². The van der Waals surface area contributed by atoms with Gasteiger partial charge in [0.05, 0.1) is 44.2 Å². The fourth-order valence-electron chi connectivity index (χ4n) is 3.58. The summed E-state index contributed by atoms with van der Waals surface area (Å²) in [5.74, 6) is 0.437. The number of fused-ring (bicyclic) bond motifs is 2. The SMILES string of the molecule is COC(=O)c1cccc(C2=CN3C(=O)c4cc(OC)c(OC)cc4N=C[C@@H]3C2)c1. The highest BCUT2D eigenvalue weighted by atomic mass is 16.5. The molecular weight excluding hydrogens is 372 g/mol. The highest BCUT2D eigenvalue weighted by Crippen LogP contribution is 2.39. The number of hydrogen-bond donors (Lipinski definition) is 0. The van der Waals surface area contributed by atoms with Crippen molar-refractivity contribution in [3.05, 3.63) is 59.3 Å². The number of methoxy groups -OCH3 is 3. The summed E-state index contributed by atoms with van der Waals surface area (Å²) in [5.41, 5.74) is 3.28. The van der Waals surface area contributed by atoms with Crippen molar-refractivity contribution in [2.45, 2.75) is 12.5 Å². The summed E-state index contributed by atoms with van der Waals surface area (Å²) in [4.78, 5) is 31.2. The van der Waals surface area contributed by atoms with Crippen LogP contribution in [0.1, 0.15) is 32.7 Å². The van der Waals surface area contributed by atoms with Crippen molar-refractivity contribution >= 4 is 29.4 Å². The van der Waals surface area contributed by atoms with E-state index in [4.69, 9.17) is 14.2 Å². The van der Waals surface area contributed by atoms with Crippen molar-refractivity contribution in [3.8, 4) is 11.5 Å². The molecule has 0 spiro atoms. The molecule has 2 aliphatic rings. The first-order chi connectivity index (χ1) is 14.0. The highest BCUT2D eigenvalue weighted by Gasteiger charge is 2.33. The number of hydrogen-bond acceptors (Lipinski definition) is 6. The van der Waals surface area contributed by atoms with Gasteiger partial charge < -0.3 is 19.1 Å². The standard InChI is InChI=1S/C22H20N2O5/c1-27-19-9-17-18(10-20(19)28-2)23-11-16-8-15(12-24(16)21(17)25)13-5-4-6-14(7-13)22(26)29-3/h4-7,9-12,16H,8H2,1-3H3/t16-/m0/s1. The van der Waals surface area contributed by atoms with Gasteiger partial charge in [0, 0.05) is 24.9 Å². The van der Waals surface area contributed by atoms with Gasteiger partial charge in [-0.15, -0.1) is 0 Å². The number of amides is 1. The van der Waals surface area contributed by atoms with Crippen molar-refractivity contribution in [2.75, 3.05) is 21.3 Å². The second-order valence-corrected chi connectivity index (χ2v) is 6.71. The van der Waals surface area contributed by atoms with E-state index in [9.17, 15) is 9.59 Å². The Morgan fingerprint density at radius 1 is 1.10 bits per heavy atom. The molecule has 1 amide bonds. The van der Waals surface area contributed by atoms with Gasteiger partial charge in [0.1, 0.15) is 0 Å². The van der Waals surface area contributed by atoms with Gasteiger partial charge in [-0.05, 0) is 29.3 Å². The van der Waals surface area contributed by atoms with Crippen LogP contribution in [0.3, 0.4) is 0 Å². The number of rotatable bonds is 4. The fraction of sp³-hybridized carbons (Fsp3) is 0.227. The molecule has 0 N–H and O–H groups in total. The Morgan fingerprint density at radius 2 is 1.86 bits per heavy atom. The molecular formula is C22H20N2O5. The van der Waals surface area contributed by atoms with E-state index in [2.05, 4.69) is 4.99 Å². The molecule has 0 unspecified atom stereocenters. The topological polar surface area (TPSA) is 77.4 Å². The molecule has 0 fully saturated rings. The zero-order valence-electron chi connectivity index (χ0n) is 16.3. The number of carbonyl (C=O) groups excluding carboxylic acids is 2. The number of ether oxygens (including phenoxy) is 3. The lowest BCUT2D eigenvalue weighted by Gasteiger charge is -2.18. The average molecular weight is 392 g/mol. The fourth-order valence-corrected chi connectivity index (χ4v) is 3.58. The smallest absolute Gasteiger partial charge is 0.337 e. The summed E-state index contributed by atoms with van der Waals surface area (Å²) in [6.45, 7) is 0. The van der Waals surface area contributed by atoms with Crippen LogP contribution in [0, 0.1) is 0 Å². The number of benzene rings is 2. The molecule has 0 aliphatic carbocycles. The van der Waals surface area contributed by atoms with E-state index in [0.717, 1.165) is 11.1 Å². The van der Waals surface area contributed by atoms with Gasteiger partial charge in [-0.1, -0.05) is 12.1 Å². The first-order valence-electron chi connectivity index (χ1n) is 9.08. The Balaban J connectivity index is 1.70. The Morgan fingerprint density at radius 3 is 2.59 bits per heavy atom. The summed E-state index contributed by atoms with van der Waals surface area (Å²) in [5, 5.41) is 0. The van der Waals surface area contributed by atoms with E-state index in [-0.39, 0.29) is 11.9 Å². The highest BCUT2D eigenvalue weighted by molar-refractivity contribution is 6.05. The molecule has 2 aliphatic heterocycles. The maximum atomic E-state index is 13.2. The predicted octanol–water partition coefficient (Wildman–Crippen LogP) is 3.46. The van der Waals surface area contributed by atoms with Crippen molar-refractivity contribution < 1.29 is 23.8 Å². The number of nitrogens with zero attached hydrogens (tertiary/aromatic N) is 2. The van der Waals surface area contributed by atoms with Gasteiger partial charge in [-0.25, -0.2) is 4.79 Å². The van der Waals surface area contributed by atoms with Gasteiger partial charge in [0.15, 0.2) is 11.5 Å². The van der Waals surface area contributed by atoms with Crippen LogP contribution >= 0.6 is 0 Å². The van der Waals surface area contributed by atoms with Gasteiger partial charge >= 0.3 is 5.97 Å². The minimum Gasteiger partial charge on any atom is -0.493 e. The molecule has 2 heterocycles. The third-order valence-electron chi connectivity index (χ3n) is 5.09. The lowest BCUT2D eigenvalue weighted by atomic mass is 10.0. The molecule has 2 aromatic carbocycles. The molecule has 1 atom stereocenters. The molecule has 7 heteroatoms. The van der Waals surface area contributed by atoms with Crippen molar-refractivity contribution in [3.63, 3.8) is 0 Å². The van der Waals surface area contributed by atoms with Crippen LogP contribution in [-0.2, 0) is 4.74 Å². The molecule has 148 valence electrons.